The number of amides is 1. The predicted molar refractivity (Wildman–Crippen MR) is 65.5 cm³/mol. The second-order valence-corrected chi connectivity index (χ2v) is 4.21. The fourth-order valence-corrected chi connectivity index (χ4v) is 1.63. The molecule has 0 fully saturated rings. The van der Waals surface area contributed by atoms with E-state index in [0.29, 0.717) is 16.5 Å². The SMILES string of the molecule is Cc1cc(CNC(=O)c2cc(Cl)ccc2O)no1. The number of carbonyl (C=O) groups is 1. The van der Waals surface area contributed by atoms with E-state index in [2.05, 4.69) is 10.5 Å². The number of nitrogens with one attached hydrogen (secondary N) is 1. The smallest absolute Gasteiger partial charge is 0.255 e. The molecule has 0 aliphatic rings. The van der Waals surface area contributed by atoms with Crippen LogP contribution in [0, 0.1) is 6.92 Å². The quantitative estimate of drug-likeness (QED) is 0.894. The molecule has 0 saturated carbocycles. The zero-order valence-electron chi connectivity index (χ0n) is 9.61. The molecule has 2 N–H and O–H groups in total. The number of nitrogens with zero attached hydrogens (tertiary/aromatic N) is 1. The summed E-state index contributed by atoms with van der Waals surface area (Å²) in [4.78, 5) is 11.8. The normalized spacial score (nSPS) is 10.3. The zero-order valence-corrected chi connectivity index (χ0v) is 10.4. The van der Waals surface area contributed by atoms with E-state index in [1.54, 1.807) is 13.0 Å². The minimum atomic E-state index is -0.421. The number of halogens is 1. The zero-order chi connectivity index (χ0) is 13.1. The first-order valence-corrected chi connectivity index (χ1v) is 5.63. The van der Waals surface area contributed by atoms with Crippen molar-refractivity contribution in [2.75, 3.05) is 0 Å². The summed E-state index contributed by atoms with van der Waals surface area (Å²) in [7, 11) is 0. The van der Waals surface area contributed by atoms with E-state index in [0.717, 1.165) is 0 Å². The van der Waals surface area contributed by atoms with Crippen molar-refractivity contribution in [1.82, 2.24) is 10.5 Å². The standard InChI is InChI=1S/C12H11ClN2O3/c1-7-4-9(15-18-7)6-14-12(17)10-5-8(13)2-3-11(10)16/h2-5,16H,6H2,1H3,(H,14,17). The fourth-order valence-electron chi connectivity index (χ4n) is 1.46. The van der Waals surface area contributed by atoms with Crippen LogP contribution in [-0.4, -0.2) is 16.2 Å². The van der Waals surface area contributed by atoms with Gasteiger partial charge in [0.05, 0.1) is 12.1 Å². The Balaban J connectivity index is 2.05. The molecule has 0 radical (unpaired) electrons. The third-order valence-electron chi connectivity index (χ3n) is 2.31. The number of rotatable bonds is 3. The molecule has 0 atom stereocenters. The summed E-state index contributed by atoms with van der Waals surface area (Å²) in [5, 5.41) is 16.3. The first-order chi connectivity index (χ1) is 8.56. The molecule has 2 aromatic rings. The summed E-state index contributed by atoms with van der Waals surface area (Å²) in [5.41, 5.74) is 0.741. The van der Waals surface area contributed by atoms with Gasteiger partial charge in [0.25, 0.3) is 5.91 Å². The summed E-state index contributed by atoms with van der Waals surface area (Å²) < 4.78 is 4.87. The van der Waals surface area contributed by atoms with Crippen LogP contribution in [0.2, 0.25) is 5.02 Å². The molecule has 0 aliphatic carbocycles. The molecule has 1 heterocycles. The van der Waals surface area contributed by atoms with Gasteiger partial charge in [0.1, 0.15) is 17.2 Å². The van der Waals surface area contributed by atoms with Gasteiger partial charge < -0.3 is 14.9 Å². The number of phenols is 1. The summed E-state index contributed by atoms with van der Waals surface area (Å²) in [6, 6.07) is 6.00. The van der Waals surface area contributed by atoms with Crippen LogP contribution in [0.25, 0.3) is 0 Å². The lowest BCUT2D eigenvalue weighted by atomic mass is 10.2. The molecule has 0 bridgehead atoms. The Kier molecular flexibility index (Phi) is 3.53. The Labute approximate surface area is 108 Å². The van der Waals surface area contributed by atoms with E-state index in [1.165, 1.54) is 18.2 Å². The minimum Gasteiger partial charge on any atom is -0.507 e. The van der Waals surface area contributed by atoms with E-state index in [-0.39, 0.29) is 17.9 Å². The van der Waals surface area contributed by atoms with Gasteiger partial charge in [0.15, 0.2) is 0 Å². The Morgan fingerprint density at radius 2 is 2.28 bits per heavy atom. The minimum absolute atomic E-state index is 0.117. The van der Waals surface area contributed by atoms with Crippen molar-refractivity contribution in [1.29, 1.82) is 0 Å². The Morgan fingerprint density at radius 1 is 1.50 bits per heavy atom. The van der Waals surface area contributed by atoms with Gasteiger partial charge in [0.2, 0.25) is 0 Å². The van der Waals surface area contributed by atoms with Gasteiger partial charge in [-0.05, 0) is 25.1 Å². The number of aromatic hydroxyl groups is 1. The lowest BCUT2D eigenvalue weighted by molar-refractivity contribution is 0.0947. The number of carbonyl (C=O) groups excluding carboxylic acids is 1. The lowest BCUT2D eigenvalue weighted by Crippen LogP contribution is -2.23. The summed E-state index contributed by atoms with van der Waals surface area (Å²) in [5.74, 6) is 0.133. The maximum atomic E-state index is 11.8. The van der Waals surface area contributed by atoms with Crippen LogP contribution in [0.5, 0.6) is 5.75 Å². The number of hydrogen-bond acceptors (Lipinski definition) is 4. The molecular weight excluding hydrogens is 256 g/mol. The van der Waals surface area contributed by atoms with Gasteiger partial charge >= 0.3 is 0 Å². The topological polar surface area (TPSA) is 75.4 Å². The van der Waals surface area contributed by atoms with Crippen molar-refractivity contribution >= 4 is 17.5 Å². The Bertz CT molecular complexity index is 580. The van der Waals surface area contributed by atoms with Gasteiger partial charge in [-0.3, -0.25) is 4.79 Å². The van der Waals surface area contributed by atoms with E-state index in [4.69, 9.17) is 16.1 Å². The molecule has 5 nitrogen and oxygen atoms in total. The molecule has 0 spiro atoms. The number of aromatic nitrogens is 1. The molecule has 0 saturated heterocycles. The van der Waals surface area contributed by atoms with Crippen molar-refractivity contribution in [2.45, 2.75) is 13.5 Å². The number of aryl methyl sites for hydroxylation is 1. The van der Waals surface area contributed by atoms with Crippen LogP contribution < -0.4 is 5.32 Å². The summed E-state index contributed by atoms with van der Waals surface area (Å²) >= 11 is 5.76. The molecule has 2 rings (SSSR count). The van der Waals surface area contributed by atoms with Gasteiger partial charge in [-0.25, -0.2) is 0 Å². The molecule has 1 amide bonds. The highest BCUT2D eigenvalue weighted by Gasteiger charge is 2.12. The maximum absolute atomic E-state index is 11.8. The summed E-state index contributed by atoms with van der Waals surface area (Å²) in [6.07, 6.45) is 0. The van der Waals surface area contributed by atoms with Gasteiger partial charge in [-0.2, -0.15) is 0 Å². The fraction of sp³-hybridized carbons (Fsp3) is 0.167. The average molecular weight is 267 g/mol. The Morgan fingerprint density at radius 3 is 2.94 bits per heavy atom. The first-order valence-electron chi connectivity index (χ1n) is 5.25. The summed E-state index contributed by atoms with van der Waals surface area (Å²) in [6.45, 7) is 1.99. The van der Waals surface area contributed by atoms with Crippen LogP contribution in [-0.2, 0) is 6.54 Å². The first kappa shape index (κ1) is 12.4. The monoisotopic (exact) mass is 266 g/mol. The van der Waals surface area contributed by atoms with Gasteiger partial charge in [0, 0.05) is 11.1 Å². The highest BCUT2D eigenvalue weighted by Crippen LogP contribution is 2.21. The van der Waals surface area contributed by atoms with Crippen molar-refractivity contribution in [2.24, 2.45) is 0 Å². The Hall–Kier alpha value is -2.01. The van der Waals surface area contributed by atoms with E-state index in [1.807, 2.05) is 0 Å². The molecule has 1 aromatic carbocycles. The number of hydrogen-bond donors (Lipinski definition) is 2. The molecule has 18 heavy (non-hydrogen) atoms. The highest BCUT2D eigenvalue weighted by molar-refractivity contribution is 6.31. The van der Waals surface area contributed by atoms with E-state index in [9.17, 15) is 9.90 Å². The van der Waals surface area contributed by atoms with Crippen molar-refractivity contribution < 1.29 is 14.4 Å². The molecule has 6 heteroatoms. The van der Waals surface area contributed by atoms with Crippen molar-refractivity contribution in [3.05, 3.63) is 46.3 Å². The van der Waals surface area contributed by atoms with Crippen LogP contribution in [0.1, 0.15) is 21.8 Å². The third-order valence-corrected chi connectivity index (χ3v) is 2.55. The second-order valence-electron chi connectivity index (χ2n) is 3.77. The molecule has 0 unspecified atom stereocenters. The highest BCUT2D eigenvalue weighted by atomic mass is 35.5. The van der Waals surface area contributed by atoms with Crippen LogP contribution in [0.15, 0.2) is 28.8 Å². The van der Waals surface area contributed by atoms with Crippen LogP contribution in [0.4, 0.5) is 0 Å². The largest absolute Gasteiger partial charge is 0.507 e. The average Bonchev–Trinajstić information content (AvgIpc) is 2.75. The lowest BCUT2D eigenvalue weighted by Gasteiger charge is -2.05. The molecular formula is C12H11ClN2O3. The third kappa shape index (κ3) is 2.81. The van der Waals surface area contributed by atoms with Crippen molar-refractivity contribution in [3.8, 4) is 5.75 Å². The van der Waals surface area contributed by atoms with Gasteiger partial charge in [-0.15, -0.1) is 0 Å². The second kappa shape index (κ2) is 5.10. The van der Waals surface area contributed by atoms with E-state index >= 15 is 0 Å². The molecule has 0 aliphatic heterocycles. The number of benzene rings is 1. The van der Waals surface area contributed by atoms with Crippen LogP contribution in [0.3, 0.4) is 0 Å². The number of phenolic OH excluding ortho intramolecular Hbond substituents is 1. The van der Waals surface area contributed by atoms with Crippen molar-refractivity contribution in [3.63, 3.8) is 0 Å². The maximum Gasteiger partial charge on any atom is 0.255 e. The van der Waals surface area contributed by atoms with E-state index < -0.39 is 5.91 Å². The molecule has 1 aromatic heterocycles. The van der Waals surface area contributed by atoms with Crippen LogP contribution >= 0.6 is 11.6 Å². The molecule has 94 valence electrons. The predicted octanol–water partition coefficient (Wildman–Crippen LogP) is 2.27. The van der Waals surface area contributed by atoms with Gasteiger partial charge in [-0.1, -0.05) is 16.8 Å².